The first-order chi connectivity index (χ1) is 7.61. The Morgan fingerprint density at radius 3 is 2.62 bits per heavy atom. The second-order valence-electron chi connectivity index (χ2n) is 4.74. The maximum Gasteiger partial charge on any atom is 0.00428 e. The van der Waals surface area contributed by atoms with E-state index in [4.69, 9.17) is 0 Å². The largest absolute Gasteiger partial charge is 0.316 e. The zero-order chi connectivity index (χ0) is 12.0. The number of hydrogen-bond donors (Lipinski definition) is 1. The van der Waals surface area contributed by atoms with Gasteiger partial charge in [-0.3, -0.25) is 0 Å². The number of benzene rings is 1. The van der Waals surface area contributed by atoms with Crippen molar-refractivity contribution in [1.82, 2.24) is 5.32 Å². The second kappa shape index (κ2) is 5.86. The molecule has 1 heteroatoms. The molecule has 1 N–H and O–H groups in total. The van der Waals surface area contributed by atoms with E-state index in [0.29, 0.717) is 0 Å². The van der Waals surface area contributed by atoms with Crippen molar-refractivity contribution < 1.29 is 0 Å². The summed E-state index contributed by atoms with van der Waals surface area (Å²) in [4.78, 5) is 0. The highest BCUT2D eigenvalue weighted by Gasteiger charge is 2.20. The molecule has 0 aliphatic rings. The Morgan fingerprint density at radius 2 is 2.06 bits per heavy atom. The maximum atomic E-state index is 3.97. The normalized spacial score (nSPS) is 14.4. The van der Waals surface area contributed by atoms with Crippen molar-refractivity contribution >= 4 is 0 Å². The molecule has 88 valence electrons. The van der Waals surface area contributed by atoms with Crippen LogP contribution in [0.2, 0.25) is 0 Å². The lowest BCUT2D eigenvalue weighted by Crippen LogP contribution is -2.32. The third-order valence-electron chi connectivity index (χ3n) is 3.13. The fourth-order valence-electron chi connectivity index (χ4n) is 1.86. The Morgan fingerprint density at radius 1 is 1.38 bits per heavy atom. The van der Waals surface area contributed by atoms with Crippen LogP contribution in [0.1, 0.15) is 25.0 Å². The first kappa shape index (κ1) is 13.0. The fraction of sp³-hybridized carbons (Fsp3) is 0.467. The van der Waals surface area contributed by atoms with Crippen LogP contribution >= 0.6 is 0 Å². The molecule has 0 spiro atoms. The van der Waals surface area contributed by atoms with E-state index in [-0.39, 0.29) is 5.41 Å². The van der Waals surface area contributed by atoms with Crippen LogP contribution in [0, 0.1) is 12.3 Å². The molecular weight excluding hydrogens is 194 g/mol. The second-order valence-corrected chi connectivity index (χ2v) is 4.74. The summed E-state index contributed by atoms with van der Waals surface area (Å²) < 4.78 is 0. The minimum absolute atomic E-state index is 0.141. The molecule has 0 radical (unpaired) electrons. The summed E-state index contributed by atoms with van der Waals surface area (Å²) in [5.74, 6) is 0. The van der Waals surface area contributed by atoms with Crippen LogP contribution < -0.4 is 5.32 Å². The quantitative estimate of drug-likeness (QED) is 0.721. The number of hydrogen-bond acceptors (Lipinski definition) is 1. The van der Waals surface area contributed by atoms with Crippen molar-refractivity contribution in [3.05, 3.63) is 48.0 Å². The minimum Gasteiger partial charge on any atom is -0.316 e. The average Bonchev–Trinajstić information content (AvgIpc) is 2.30. The molecule has 0 bridgehead atoms. The van der Waals surface area contributed by atoms with Gasteiger partial charge in [0.25, 0.3) is 0 Å². The van der Waals surface area contributed by atoms with Crippen LogP contribution in [0.4, 0.5) is 0 Å². The summed E-state index contributed by atoms with van der Waals surface area (Å²) in [5, 5.41) is 3.41. The molecule has 0 aliphatic heterocycles. The van der Waals surface area contributed by atoms with E-state index in [9.17, 15) is 0 Å². The smallest absolute Gasteiger partial charge is 0.00428 e. The van der Waals surface area contributed by atoms with Gasteiger partial charge >= 0.3 is 0 Å². The first-order valence-corrected chi connectivity index (χ1v) is 6.00. The van der Waals surface area contributed by atoms with Gasteiger partial charge < -0.3 is 5.32 Å². The lowest BCUT2D eigenvalue weighted by molar-refractivity contribution is 0.395. The van der Waals surface area contributed by atoms with E-state index < -0.39 is 0 Å². The van der Waals surface area contributed by atoms with Crippen LogP contribution in [0.25, 0.3) is 0 Å². The van der Waals surface area contributed by atoms with Crippen LogP contribution in [-0.4, -0.2) is 13.1 Å². The highest BCUT2D eigenvalue weighted by atomic mass is 14.9. The first-order valence-electron chi connectivity index (χ1n) is 6.00. The van der Waals surface area contributed by atoms with Gasteiger partial charge in [0.1, 0.15) is 0 Å². The minimum atomic E-state index is 0.141. The molecule has 1 nitrogen and oxygen atoms in total. The van der Waals surface area contributed by atoms with Crippen LogP contribution in [0.15, 0.2) is 36.9 Å². The zero-order valence-corrected chi connectivity index (χ0v) is 10.7. The Labute approximate surface area is 99.6 Å². The molecule has 0 aromatic heterocycles. The molecule has 0 heterocycles. The van der Waals surface area contributed by atoms with Crippen LogP contribution in [0.3, 0.4) is 0 Å². The number of aryl methyl sites for hydroxylation is 1. The van der Waals surface area contributed by atoms with Crippen LogP contribution in [0.5, 0.6) is 0 Å². The Balaban J connectivity index is 2.76. The van der Waals surface area contributed by atoms with E-state index in [1.165, 1.54) is 11.1 Å². The van der Waals surface area contributed by atoms with E-state index in [0.717, 1.165) is 19.5 Å². The van der Waals surface area contributed by atoms with Gasteiger partial charge in [0.2, 0.25) is 0 Å². The molecular formula is C15H23N. The number of nitrogens with one attached hydrogen (secondary N) is 1. The monoisotopic (exact) mass is 217 g/mol. The lowest BCUT2D eigenvalue weighted by atomic mass is 9.82. The molecule has 0 fully saturated rings. The SMILES string of the molecule is C=CC(C)(CNCC)Cc1ccccc1C. The lowest BCUT2D eigenvalue weighted by Gasteiger charge is -2.27. The van der Waals surface area contributed by atoms with Crippen molar-refractivity contribution in [2.24, 2.45) is 5.41 Å². The Bertz CT molecular complexity index is 343. The average molecular weight is 217 g/mol. The molecule has 1 aromatic rings. The molecule has 1 unspecified atom stereocenters. The van der Waals surface area contributed by atoms with Gasteiger partial charge in [-0.1, -0.05) is 44.2 Å². The topological polar surface area (TPSA) is 12.0 Å². The molecule has 0 amide bonds. The molecule has 0 saturated carbocycles. The maximum absolute atomic E-state index is 3.97. The van der Waals surface area contributed by atoms with E-state index >= 15 is 0 Å². The van der Waals surface area contributed by atoms with E-state index in [2.05, 4.69) is 63.0 Å². The van der Waals surface area contributed by atoms with Crippen molar-refractivity contribution in [3.8, 4) is 0 Å². The summed E-state index contributed by atoms with van der Waals surface area (Å²) in [6.45, 7) is 12.5. The van der Waals surface area contributed by atoms with E-state index in [1.54, 1.807) is 0 Å². The molecule has 1 rings (SSSR count). The summed E-state index contributed by atoms with van der Waals surface area (Å²) in [6.07, 6.45) is 3.12. The van der Waals surface area contributed by atoms with Gasteiger partial charge in [-0.15, -0.1) is 6.58 Å². The Hall–Kier alpha value is -1.08. The predicted octanol–water partition coefficient (Wildman–Crippen LogP) is 3.34. The van der Waals surface area contributed by atoms with Crippen molar-refractivity contribution in [3.63, 3.8) is 0 Å². The fourth-order valence-corrected chi connectivity index (χ4v) is 1.86. The molecule has 0 aliphatic carbocycles. The zero-order valence-electron chi connectivity index (χ0n) is 10.7. The molecule has 0 saturated heterocycles. The summed E-state index contributed by atoms with van der Waals surface area (Å²) in [7, 11) is 0. The van der Waals surface area contributed by atoms with Crippen molar-refractivity contribution in [1.29, 1.82) is 0 Å². The van der Waals surface area contributed by atoms with Gasteiger partial charge in [0, 0.05) is 12.0 Å². The standard InChI is InChI=1S/C15H23N/c1-5-15(4,12-16-6-2)11-14-10-8-7-9-13(14)3/h5,7-10,16H,1,6,11-12H2,2-4H3. The van der Waals surface area contributed by atoms with Gasteiger partial charge in [0.05, 0.1) is 0 Å². The van der Waals surface area contributed by atoms with Gasteiger partial charge in [0.15, 0.2) is 0 Å². The van der Waals surface area contributed by atoms with Crippen molar-refractivity contribution in [2.75, 3.05) is 13.1 Å². The highest BCUT2D eigenvalue weighted by molar-refractivity contribution is 5.27. The van der Waals surface area contributed by atoms with Gasteiger partial charge in [-0.2, -0.15) is 0 Å². The highest BCUT2D eigenvalue weighted by Crippen LogP contribution is 2.24. The molecule has 16 heavy (non-hydrogen) atoms. The van der Waals surface area contributed by atoms with Gasteiger partial charge in [-0.25, -0.2) is 0 Å². The van der Waals surface area contributed by atoms with Crippen LogP contribution in [-0.2, 0) is 6.42 Å². The number of rotatable bonds is 6. The summed E-state index contributed by atoms with van der Waals surface area (Å²) in [6, 6.07) is 8.59. The predicted molar refractivity (Wildman–Crippen MR) is 71.7 cm³/mol. The third-order valence-corrected chi connectivity index (χ3v) is 3.13. The molecule has 1 aromatic carbocycles. The third kappa shape index (κ3) is 3.49. The van der Waals surface area contributed by atoms with Crippen molar-refractivity contribution in [2.45, 2.75) is 27.2 Å². The van der Waals surface area contributed by atoms with Gasteiger partial charge in [-0.05, 0) is 31.0 Å². The Kier molecular flexibility index (Phi) is 4.75. The summed E-state index contributed by atoms with van der Waals surface area (Å²) in [5.41, 5.74) is 2.93. The molecule has 1 atom stereocenters. The summed E-state index contributed by atoms with van der Waals surface area (Å²) >= 11 is 0. The van der Waals surface area contributed by atoms with E-state index in [1.807, 2.05) is 0 Å².